The van der Waals surface area contributed by atoms with Gasteiger partial charge in [-0.2, -0.15) is 0 Å². The lowest BCUT2D eigenvalue weighted by Crippen LogP contribution is -2.96. The lowest BCUT2D eigenvalue weighted by molar-refractivity contribution is 1.64. The highest BCUT2D eigenvalue weighted by Crippen LogP contribution is 2.45. The summed E-state index contributed by atoms with van der Waals surface area (Å²) in [7, 11) is -8.78. The first-order valence-corrected chi connectivity index (χ1v) is 24.5. The van der Waals surface area contributed by atoms with E-state index in [1.165, 1.54) is 36.7 Å². The maximum atomic E-state index is 2.89. The van der Waals surface area contributed by atoms with E-state index in [2.05, 4.69) is 218 Å². The summed E-state index contributed by atoms with van der Waals surface area (Å²) in [5.41, 5.74) is 4.24. The summed E-state index contributed by atoms with van der Waals surface area (Å²) < 4.78 is 0. The number of rotatable bonds is 7. The van der Waals surface area contributed by atoms with Crippen molar-refractivity contribution in [1.82, 2.24) is 0 Å². The first-order chi connectivity index (χ1) is 23.3. The molecule has 1 aliphatic rings. The third-order valence-corrected chi connectivity index (χ3v) is 44.2. The Bertz CT molecular complexity index is 1980. The lowest BCUT2D eigenvalue weighted by Gasteiger charge is -2.54. The van der Waals surface area contributed by atoms with E-state index in [1.54, 1.807) is 5.20 Å². The molecule has 0 bridgehead atoms. The van der Waals surface area contributed by atoms with Crippen molar-refractivity contribution >= 4 is 58.6 Å². The Balaban J connectivity index is 1.73. The van der Waals surface area contributed by atoms with E-state index in [0.717, 1.165) is 0 Å². The van der Waals surface area contributed by atoms with Crippen LogP contribution in [0.1, 0.15) is 5.56 Å². The van der Waals surface area contributed by atoms with Gasteiger partial charge in [-0.1, -0.05) is 254 Å². The molecule has 0 nitrogen and oxygen atoms in total. The molecule has 47 heavy (non-hydrogen) atoms. The lowest BCUT2D eigenvalue weighted by atomic mass is 10.2. The topological polar surface area (TPSA) is 0 Å². The molecule has 0 atom stereocenters. The van der Waals surface area contributed by atoms with E-state index < -0.39 is 22.3 Å². The van der Waals surface area contributed by atoms with Gasteiger partial charge in [-0.25, -0.2) is 0 Å². The van der Waals surface area contributed by atoms with Crippen molar-refractivity contribution in [3.63, 3.8) is 0 Å². The van der Waals surface area contributed by atoms with Crippen molar-refractivity contribution in [2.24, 2.45) is 0 Å². The minimum absolute atomic E-state index is 1.34. The van der Waals surface area contributed by atoms with E-state index in [4.69, 9.17) is 0 Å². The largest absolute Gasteiger partial charge is 0.148 e. The minimum atomic E-state index is -2.97. The molecular weight excluding hydrogens is 613 g/mol. The van der Waals surface area contributed by atoms with Gasteiger partial charge in [0.2, 0.25) is 0 Å². The van der Waals surface area contributed by atoms with Gasteiger partial charge in [0, 0.05) is 0 Å². The van der Waals surface area contributed by atoms with Crippen LogP contribution in [-0.2, 0) is 0 Å². The van der Waals surface area contributed by atoms with Crippen LogP contribution in [0.25, 0.3) is 5.20 Å². The smallest absolute Gasteiger partial charge is 0.0873 e. The van der Waals surface area contributed by atoms with Gasteiger partial charge in [0.1, 0.15) is 22.3 Å². The molecule has 1 heterocycles. The molecule has 1 aliphatic heterocycles. The Labute approximate surface area is 281 Å². The first kappa shape index (κ1) is 29.3. The predicted octanol–water partition coefficient (Wildman–Crippen LogP) is 6.11. The van der Waals surface area contributed by atoms with Crippen molar-refractivity contribution in [3.8, 4) is 0 Å². The molecule has 0 aliphatic carbocycles. The summed E-state index contributed by atoms with van der Waals surface area (Å²) in [4.78, 5) is 0. The summed E-state index contributed by atoms with van der Waals surface area (Å²) in [5, 5.41) is 10.5. The van der Waals surface area contributed by atoms with Crippen molar-refractivity contribution in [2.75, 3.05) is 0 Å². The van der Waals surface area contributed by atoms with Crippen LogP contribution in [0.5, 0.6) is 0 Å². The molecule has 0 aromatic heterocycles. The molecule has 0 fully saturated rings. The van der Waals surface area contributed by atoms with Crippen LogP contribution in [0.15, 0.2) is 218 Å². The SMILES string of the molecule is C1=C(c2ccccc2)[Si](c2ccccc2)(c2ccccc2)[Si](c2ccccc2)(c2ccccc2)[Si]1(c1ccccc1)c1ccccc1. The molecule has 8 rings (SSSR count). The van der Waals surface area contributed by atoms with Crippen LogP contribution in [0.3, 0.4) is 0 Å². The van der Waals surface area contributed by atoms with Gasteiger partial charge in [-0.05, 0) is 5.56 Å². The van der Waals surface area contributed by atoms with E-state index >= 15 is 0 Å². The minimum Gasteiger partial charge on any atom is -0.0873 e. The number of hydrogen-bond acceptors (Lipinski definition) is 0. The monoisotopic (exact) mass is 648 g/mol. The molecule has 0 radical (unpaired) electrons. The van der Waals surface area contributed by atoms with Crippen LogP contribution < -0.4 is 31.1 Å². The van der Waals surface area contributed by atoms with Gasteiger partial charge in [0.05, 0.1) is 0 Å². The summed E-state index contributed by atoms with van der Waals surface area (Å²) in [6, 6.07) is 81.4. The normalized spacial score (nSPS) is 15.9. The fourth-order valence-electron chi connectivity index (χ4n) is 8.74. The Kier molecular flexibility index (Phi) is 7.66. The molecule has 7 aromatic rings. The van der Waals surface area contributed by atoms with Crippen molar-refractivity contribution in [2.45, 2.75) is 0 Å². The van der Waals surface area contributed by atoms with Crippen LogP contribution in [0, 0.1) is 0 Å². The van der Waals surface area contributed by atoms with Gasteiger partial charge in [-0.15, -0.1) is 0 Å². The maximum Gasteiger partial charge on any atom is 0.148 e. The predicted molar refractivity (Wildman–Crippen MR) is 208 cm³/mol. The highest BCUT2D eigenvalue weighted by atomic mass is 29.6. The average Bonchev–Trinajstić information content (AvgIpc) is 3.48. The number of benzene rings is 7. The second-order valence-corrected chi connectivity index (χ2v) is 32.0. The maximum absolute atomic E-state index is 2.97. The van der Waals surface area contributed by atoms with Crippen LogP contribution in [-0.4, -0.2) is 22.3 Å². The van der Waals surface area contributed by atoms with Crippen LogP contribution in [0.2, 0.25) is 0 Å². The Hall–Kier alpha value is -5.07. The van der Waals surface area contributed by atoms with E-state index in [0.29, 0.717) is 0 Å². The molecule has 0 unspecified atom stereocenters. The molecule has 0 spiro atoms. The van der Waals surface area contributed by atoms with Crippen molar-refractivity contribution < 1.29 is 0 Å². The van der Waals surface area contributed by atoms with Crippen molar-refractivity contribution in [1.29, 1.82) is 0 Å². The third kappa shape index (κ3) is 4.31. The zero-order chi connectivity index (χ0) is 31.6. The molecule has 0 saturated heterocycles. The molecule has 0 N–H and O–H groups in total. The summed E-state index contributed by atoms with van der Waals surface area (Å²) in [6.45, 7) is 0. The van der Waals surface area contributed by atoms with E-state index in [9.17, 15) is 0 Å². The highest BCUT2D eigenvalue weighted by Gasteiger charge is 2.75. The molecule has 0 amide bonds. The quantitative estimate of drug-likeness (QED) is 0.183. The second kappa shape index (κ2) is 12.3. The van der Waals surface area contributed by atoms with Gasteiger partial charge in [0.15, 0.2) is 0 Å². The van der Waals surface area contributed by atoms with E-state index in [1.807, 2.05) is 0 Å². The van der Waals surface area contributed by atoms with Crippen LogP contribution in [0.4, 0.5) is 0 Å². The van der Waals surface area contributed by atoms with Gasteiger partial charge in [-0.3, -0.25) is 0 Å². The molecule has 7 aromatic carbocycles. The zero-order valence-corrected chi connectivity index (χ0v) is 29.3. The molecule has 3 heteroatoms. The molecular formula is C44H36Si3. The molecule has 224 valence electrons. The summed E-state index contributed by atoms with van der Waals surface area (Å²) in [5.74, 6) is 0. The Morgan fingerprint density at radius 3 is 0.872 bits per heavy atom. The van der Waals surface area contributed by atoms with Crippen LogP contribution >= 0.6 is 0 Å². The summed E-state index contributed by atoms with van der Waals surface area (Å²) >= 11 is 0. The van der Waals surface area contributed by atoms with Gasteiger partial charge in [0.25, 0.3) is 0 Å². The van der Waals surface area contributed by atoms with Gasteiger partial charge < -0.3 is 0 Å². The van der Waals surface area contributed by atoms with E-state index in [-0.39, 0.29) is 0 Å². The van der Waals surface area contributed by atoms with Crippen molar-refractivity contribution in [3.05, 3.63) is 224 Å². The third-order valence-electron chi connectivity index (χ3n) is 10.3. The fraction of sp³-hybridized carbons (Fsp3) is 0. The fourth-order valence-corrected chi connectivity index (χ4v) is 54.8. The highest BCUT2D eigenvalue weighted by molar-refractivity contribution is 7.91. The Morgan fingerprint density at radius 1 is 0.255 bits per heavy atom. The number of hydrogen-bond donors (Lipinski definition) is 0. The standard InChI is InChI=1S/C44H36Si3/c1-8-22-37(23-9-1)44-36-45(38-24-10-2-11-25-38,39-26-12-3-13-27-39)47(42-32-18-6-19-33-42,43-34-20-7-21-35-43)46(44,40-28-14-4-15-29-40)41-30-16-5-17-31-41/h1-36H. The molecule has 0 saturated carbocycles. The Morgan fingerprint density at radius 2 is 0.532 bits per heavy atom. The summed E-state index contributed by atoms with van der Waals surface area (Å²) in [6.07, 6.45) is 0. The zero-order valence-electron chi connectivity index (χ0n) is 26.3. The van der Waals surface area contributed by atoms with Gasteiger partial charge >= 0.3 is 0 Å². The first-order valence-electron chi connectivity index (χ1n) is 16.5. The second-order valence-electron chi connectivity index (χ2n) is 12.4. The average molecular weight is 649 g/mol.